The standard InChI is InChI=1S/C9H10BNO2/c1-6-4-7-2-3-11-9(7)5-8(6)10(12)13/h2-5,11-13H,1H3. The van der Waals surface area contributed by atoms with Gasteiger partial charge in [-0.05, 0) is 29.9 Å². The molecule has 0 saturated heterocycles. The molecule has 1 aromatic heterocycles. The monoisotopic (exact) mass is 175 g/mol. The molecule has 0 atom stereocenters. The van der Waals surface area contributed by atoms with Crippen LogP contribution in [0, 0.1) is 6.92 Å². The van der Waals surface area contributed by atoms with Gasteiger partial charge in [-0.15, -0.1) is 0 Å². The van der Waals surface area contributed by atoms with Crippen molar-refractivity contribution < 1.29 is 10.0 Å². The fraction of sp³-hybridized carbons (Fsp3) is 0.111. The fourth-order valence-corrected chi connectivity index (χ4v) is 1.51. The van der Waals surface area contributed by atoms with Crippen LogP contribution in [0.25, 0.3) is 10.9 Å². The van der Waals surface area contributed by atoms with Crippen molar-refractivity contribution in [3.05, 3.63) is 30.0 Å². The van der Waals surface area contributed by atoms with Gasteiger partial charge in [0, 0.05) is 11.7 Å². The molecule has 0 unspecified atom stereocenters. The lowest BCUT2D eigenvalue weighted by atomic mass is 9.77. The number of aromatic amines is 1. The van der Waals surface area contributed by atoms with Crippen LogP contribution in [0.15, 0.2) is 24.4 Å². The molecule has 0 saturated carbocycles. The maximum Gasteiger partial charge on any atom is 0.488 e. The van der Waals surface area contributed by atoms with E-state index in [1.165, 1.54) is 0 Å². The molecule has 66 valence electrons. The number of benzene rings is 1. The van der Waals surface area contributed by atoms with E-state index >= 15 is 0 Å². The molecular formula is C9H10BNO2. The average molecular weight is 175 g/mol. The van der Waals surface area contributed by atoms with E-state index in [0.29, 0.717) is 5.46 Å². The minimum Gasteiger partial charge on any atom is -0.423 e. The molecule has 0 spiro atoms. The van der Waals surface area contributed by atoms with E-state index in [-0.39, 0.29) is 0 Å². The van der Waals surface area contributed by atoms with Gasteiger partial charge in [-0.3, -0.25) is 0 Å². The van der Waals surface area contributed by atoms with Crippen molar-refractivity contribution in [2.24, 2.45) is 0 Å². The van der Waals surface area contributed by atoms with Gasteiger partial charge in [0.05, 0.1) is 0 Å². The van der Waals surface area contributed by atoms with Gasteiger partial charge >= 0.3 is 7.12 Å². The first kappa shape index (κ1) is 8.35. The molecule has 2 rings (SSSR count). The third kappa shape index (κ3) is 1.34. The van der Waals surface area contributed by atoms with E-state index in [1.54, 1.807) is 6.07 Å². The summed E-state index contributed by atoms with van der Waals surface area (Å²) >= 11 is 0. The third-order valence-corrected chi connectivity index (χ3v) is 2.22. The normalized spacial score (nSPS) is 10.7. The molecule has 0 aliphatic rings. The summed E-state index contributed by atoms with van der Waals surface area (Å²) in [5.74, 6) is 0. The van der Waals surface area contributed by atoms with Gasteiger partial charge in [0.1, 0.15) is 0 Å². The Balaban J connectivity index is 2.69. The van der Waals surface area contributed by atoms with Crippen molar-refractivity contribution in [2.45, 2.75) is 6.92 Å². The van der Waals surface area contributed by atoms with Gasteiger partial charge in [0.15, 0.2) is 0 Å². The van der Waals surface area contributed by atoms with Crippen LogP contribution in [-0.2, 0) is 0 Å². The maximum atomic E-state index is 9.04. The topological polar surface area (TPSA) is 56.2 Å². The van der Waals surface area contributed by atoms with Crippen LogP contribution >= 0.6 is 0 Å². The number of aromatic nitrogens is 1. The predicted molar refractivity (Wildman–Crippen MR) is 52.9 cm³/mol. The zero-order valence-electron chi connectivity index (χ0n) is 7.28. The summed E-state index contributed by atoms with van der Waals surface area (Å²) in [6.07, 6.45) is 1.83. The Morgan fingerprint density at radius 1 is 1.31 bits per heavy atom. The van der Waals surface area contributed by atoms with E-state index < -0.39 is 7.12 Å². The van der Waals surface area contributed by atoms with E-state index in [1.807, 2.05) is 25.3 Å². The molecule has 0 bridgehead atoms. The van der Waals surface area contributed by atoms with Crippen LogP contribution in [-0.4, -0.2) is 22.2 Å². The second-order valence-corrected chi connectivity index (χ2v) is 3.15. The van der Waals surface area contributed by atoms with Gasteiger partial charge in [-0.1, -0.05) is 11.6 Å². The van der Waals surface area contributed by atoms with Crippen molar-refractivity contribution in [2.75, 3.05) is 0 Å². The Morgan fingerprint density at radius 2 is 2.08 bits per heavy atom. The highest BCUT2D eigenvalue weighted by Crippen LogP contribution is 2.12. The fourth-order valence-electron chi connectivity index (χ4n) is 1.51. The van der Waals surface area contributed by atoms with E-state index in [4.69, 9.17) is 10.0 Å². The van der Waals surface area contributed by atoms with Crippen molar-refractivity contribution in [1.29, 1.82) is 0 Å². The molecule has 0 fully saturated rings. The number of aryl methyl sites for hydroxylation is 1. The Kier molecular flexibility index (Phi) is 1.86. The minimum absolute atomic E-state index is 0.551. The van der Waals surface area contributed by atoms with Gasteiger partial charge in [-0.2, -0.15) is 0 Å². The van der Waals surface area contributed by atoms with Crippen molar-refractivity contribution in [1.82, 2.24) is 4.98 Å². The second-order valence-electron chi connectivity index (χ2n) is 3.15. The summed E-state index contributed by atoms with van der Waals surface area (Å²) in [4.78, 5) is 3.02. The Bertz CT molecular complexity index is 436. The Morgan fingerprint density at radius 3 is 2.77 bits per heavy atom. The highest BCUT2D eigenvalue weighted by Gasteiger charge is 2.14. The van der Waals surface area contributed by atoms with Crippen LogP contribution in [0.4, 0.5) is 0 Å². The number of hydrogen-bond donors (Lipinski definition) is 3. The third-order valence-electron chi connectivity index (χ3n) is 2.22. The van der Waals surface area contributed by atoms with E-state index in [0.717, 1.165) is 16.5 Å². The van der Waals surface area contributed by atoms with Crippen LogP contribution in [0.1, 0.15) is 5.56 Å². The first-order valence-electron chi connectivity index (χ1n) is 4.12. The van der Waals surface area contributed by atoms with Gasteiger partial charge in [0.2, 0.25) is 0 Å². The van der Waals surface area contributed by atoms with E-state index in [2.05, 4.69) is 4.98 Å². The summed E-state index contributed by atoms with van der Waals surface area (Å²) in [5, 5.41) is 19.2. The first-order chi connectivity index (χ1) is 6.18. The minimum atomic E-state index is -1.40. The van der Waals surface area contributed by atoms with Crippen molar-refractivity contribution in [3.63, 3.8) is 0 Å². The first-order valence-corrected chi connectivity index (χ1v) is 4.12. The summed E-state index contributed by atoms with van der Waals surface area (Å²) in [6, 6.07) is 5.64. The number of rotatable bonds is 1. The van der Waals surface area contributed by atoms with Crippen LogP contribution in [0.5, 0.6) is 0 Å². The van der Waals surface area contributed by atoms with Gasteiger partial charge in [0.25, 0.3) is 0 Å². The molecule has 4 heteroatoms. The zero-order valence-corrected chi connectivity index (χ0v) is 7.28. The number of H-pyrrole nitrogens is 1. The lowest BCUT2D eigenvalue weighted by molar-refractivity contribution is 0.425. The summed E-state index contributed by atoms with van der Waals surface area (Å²) in [7, 11) is -1.40. The maximum absolute atomic E-state index is 9.04. The molecule has 3 nitrogen and oxygen atoms in total. The second kappa shape index (κ2) is 2.90. The molecule has 2 aromatic rings. The number of nitrogens with one attached hydrogen (secondary N) is 1. The summed E-state index contributed by atoms with van der Waals surface area (Å²) in [6.45, 7) is 1.86. The molecule has 0 aliphatic carbocycles. The molecule has 3 N–H and O–H groups in total. The van der Waals surface area contributed by atoms with Crippen LogP contribution < -0.4 is 5.46 Å². The molecule has 0 aliphatic heterocycles. The molecule has 0 amide bonds. The Labute approximate surface area is 76.2 Å². The highest BCUT2D eigenvalue weighted by molar-refractivity contribution is 6.59. The molecule has 1 heterocycles. The number of hydrogen-bond acceptors (Lipinski definition) is 2. The van der Waals surface area contributed by atoms with E-state index in [9.17, 15) is 0 Å². The predicted octanol–water partition coefficient (Wildman–Crippen LogP) is 0.156. The SMILES string of the molecule is Cc1cc2cc[nH]c2cc1B(O)O. The quantitative estimate of drug-likeness (QED) is 0.540. The zero-order chi connectivity index (χ0) is 9.42. The van der Waals surface area contributed by atoms with Crippen molar-refractivity contribution in [3.8, 4) is 0 Å². The Hall–Kier alpha value is -1.26. The lowest BCUT2D eigenvalue weighted by Gasteiger charge is -2.04. The van der Waals surface area contributed by atoms with Crippen LogP contribution in [0.2, 0.25) is 0 Å². The molecular weight excluding hydrogens is 165 g/mol. The molecule has 1 aromatic carbocycles. The smallest absolute Gasteiger partial charge is 0.423 e. The lowest BCUT2D eigenvalue weighted by Crippen LogP contribution is -2.31. The largest absolute Gasteiger partial charge is 0.488 e. The van der Waals surface area contributed by atoms with Crippen molar-refractivity contribution >= 4 is 23.5 Å². The highest BCUT2D eigenvalue weighted by atomic mass is 16.4. The molecule has 13 heavy (non-hydrogen) atoms. The summed E-state index contributed by atoms with van der Waals surface area (Å²) in [5.41, 5.74) is 2.37. The average Bonchev–Trinajstić information content (AvgIpc) is 2.48. The van der Waals surface area contributed by atoms with Crippen LogP contribution in [0.3, 0.4) is 0 Å². The number of fused-ring (bicyclic) bond motifs is 1. The molecule has 0 radical (unpaired) electrons. The summed E-state index contributed by atoms with van der Waals surface area (Å²) < 4.78 is 0. The van der Waals surface area contributed by atoms with Gasteiger partial charge in [-0.25, -0.2) is 0 Å². The van der Waals surface area contributed by atoms with Gasteiger partial charge < -0.3 is 15.0 Å².